The van der Waals surface area contributed by atoms with Crippen molar-refractivity contribution in [3.05, 3.63) is 46.5 Å². The van der Waals surface area contributed by atoms with Gasteiger partial charge in [-0.05, 0) is 42.3 Å². The maximum Gasteiger partial charge on any atom is 0.273 e. The van der Waals surface area contributed by atoms with Crippen molar-refractivity contribution in [1.82, 2.24) is 10.9 Å². The fourth-order valence-corrected chi connectivity index (χ4v) is 2.82. The zero-order valence-electron chi connectivity index (χ0n) is 16.6. The highest BCUT2D eigenvalue weighted by atomic mass is 35.5. The molecule has 2 aromatic rings. The van der Waals surface area contributed by atoms with Crippen LogP contribution in [0, 0.1) is 0 Å². The highest BCUT2D eigenvalue weighted by molar-refractivity contribution is 6.31. The normalized spacial score (nSPS) is 10.1. The van der Waals surface area contributed by atoms with Gasteiger partial charge in [-0.3, -0.25) is 20.4 Å². The predicted molar refractivity (Wildman–Crippen MR) is 108 cm³/mol. The van der Waals surface area contributed by atoms with Crippen LogP contribution in [0.3, 0.4) is 0 Å². The van der Waals surface area contributed by atoms with E-state index in [9.17, 15) is 9.59 Å². The molecule has 0 aliphatic rings. The van der Waals surface area contributed by atoms with Crippen LogP contribution >= 0.6 is 11.6 Å². The van der Waals surface area contributed by atoms with Crippen molar-refractivity contribution in [2.24, 2.45) is 0 Å². The Labute approximate surface area is 174 Å². The van der Waals surface area contributed by atoms with E-state index in [1.165, 1.54) is 34.5 Å². The molecule has 0 aliphatic heterocycles. The Morgan fingerprint density at radius 3 is 2.03 bits per heavy atom. The highest BCUT2D eigenvalue weighted by Gasteiger charge is 2.16. The zero-order valence-corrected chi connectivity index (χ0v) is 17.4. The van der Waals surface area contributed by atoms with E-state index < -0.39 is 5.91 Å². The van der Waals surface area contributed by atoms with Gasteiger partial charge in [0.25, 0.3) is 5.91 Å². The van der Waals surface area contributed by atoms with Crippen molar-refractivity contribution in [3.8, 4) is 23.0 Å². The van der Waals surface area contributed by atoms with Crippen molar-refractivity contribution < 1.29 is 28.5 Å². The first-order valence-corrected chi connectivity index (χ1v) is 9.02. The summed E-state index contributed by atoms with van der Waals surface area (Å²) in [5.41, 5.74) is 5.76. The Kier molecular flexibility index (Phi) is 7.97. The number of aryl methyl sites for hydroxylation is 1. The smallest absolute Gasteiger partial charge is 0.273 e. The molecule has 0 saturated carbocycles. The summed E-state index contributed by atoms with van der Waals surface area (Å²) in [7, 11) is 6.00. The van der Waals surface area contributed by atoms with Gasteiger partial charge in [0.2, 0.25) is 11.7 Å². The lowest BCUT2D eigenvalue weighted by Gasteiger charge is -2.14. The van der Waals surface area contributed by atoms with E-state index >= 15 is 0 Å². The van der Waals surface area contributed by atoms with Gasteiger partial charge in [-0.2, -0.15) is 0 Å². The third kappa shape index (κ3) is 5.68. The number of methoxy groups -OCH3 is 4. The third-order valence-corrected chi connectivity index (χ3v) is 4.32. The average Bonchev–Trinajstić information content (AvgIpc) is 2.74. The molecule has 0 spiro atoms. The van der Waals surface area contributed by atoms with E-state index in [1.807, 2.05) is 0 Å². The molecule has 0 aromatic heterocycles. The van der Waals surface area contributed by atoms with E-state index in [0.29, 0.717) is 34.4 Å². The number of hydrazine groups is 1. The molecule has 0 atom stereocenters. The van der Waals surface area contributed by atoms with Gasteiger partial charge >= 0.3 is 0 Å². The van der Waals surface area contributed by atoms with Crippen molar-refractivity contribution in [1.29, 1.82) is 0 Å². The molecular weight excluding hydrogens is 400 g/mol. The lowest BCUT2D eigenvalue weighted by molar-refractivity contribution is -0.121. The molecule has 9 heteroatoms. The van der Waals surface area contributed by atoms with Crippen LogP contribution in [0.2, 0.25) is 5.02 Å². The van der Waals surface area contributed by atoms with Crippen LogP contribution in [0.15, 0.2) is 30.3 Å². The molecule has 156 valence electrons. The van der Waals surface area contributed by atoms with Crippen LogP contribution in [0.1, 0.15) is 22.3 Å². The molecule has 8 nitrogen and oxygen atoms in total. The molecule has 0 unspecified atom stereocenters. The fraction of sp³-hybridized carbons (Fsp3) is 0.300. The molecule has 2 N–H and O–H groups in total. The van der Waals surface area contributed by atoms with Crippen molar-refractivity contribution in [2.75, 3.05) is 28.4 Å². The summed E-state index contributed by atoms with van der Waals surface area (Å²) >= 11 is 5.92. The predicted octanol–water partition coefficient (Wildman–Crippen LogP) is 2.77. The maximum atomic E-state index is 12.3. The molecule has 29 heavy (non-hydrogen) atoms. The quantitative estimate of drug-likeness (QED) is 0.635. The zero-order chi connectivity index (χ0) is 21.4. The Morgan fingerprint density at radius 1 is 0.862 bits per heavy atom. The number of carbonyl (C=O) groups is 2. The van der Waals surface area contributed by atoms with E-state index in [0.717, 1.165) is 5.56 Å². The summed E-state index contributed by atoms with van der Waals surface area (Å²) in [4.78, 5) is 24.4. The molecule has 0 saturated heterocycles. The summed E-state index contributed by atoms with van der Waals surface area (Å²) in [6.07, 6.45) is 0.532. The Bertz CT molecular complexity index is 862. The number of hydrogen-bond acceptors (Lipinski definition) is 6. The van der Waals surface area contributed by atoms with Crippen LogP contribution in [-0.4, -0.2) is 40.3 Å². The van der Waals surface area contributed by atoms with E-state index in [4.69, 9.17) is 30.5 Å². The number of hydrogen-bond donors (Lipinski definition) is 2. The first-order valence-electron chi connectivity index (χ1n) is 8.65. The van der Waals surface area contributed by atoms with Crippen molar-refractivity contribution in [2.45, 2.75) is 12.8 Å². The summed E-state index contributed by atoms with van der Waals surface area (Å²) in [6, 6.07) is 8.17. The van der Waals surface area contributed by atoms with Gasteiger partial charge in [0.1, 0.15) is 5.75 Å². The number of rotatable bonds is 8. The van der Waals surface area contributed by atoms with Crippen molar-refractivity contribution >= 4 is 23.4 Å². The maximum absolute atomic E-state index is 12.3. The molecule has 0 radical (unpaired) electrons. The minimum absolute atomic E-state index is 0.131. The fourth-order valence-electron chi connectivity index (χ4n) is 2.65. The molecule has 2 amide bonds. The average molecular weight is 423 g/mol. The van der Waals surface area contributed by atoms with Crippen LogP contribution in [0.5, 0.6) is 23.0 Å². The number of ether oxygens (including phenoxy) is 4. The largest absolute Gasteiger partial charge is 0.496 e. The molecule has 0 fully saturated rings. The molecule has 0 aliphatic carbocycles. The molecule has 0 heterocycles. The molecule has 0 bridgehead atoms. The first-order chi connectivity index (χ1) is 13.9. The SMILES string of the molecule is COc1ccc(Cl)cc1C(=O)NNC(=O)CCc1cc(OC)c(OC)c(OC)c1. The van der Waals surface area contributed by atoms with Crippen molar-refractivity contribution in [3.63, 3.8) is 0 Å². The summed E-state index contributed by atoms with van der Waals surface area (Å²) in [6.45, 7) is 0. The third-order valence-electron chi connectivity index (χ3n) is 4.09. The minimum atomic E-state index is -0.537. The second-order valence-corrected chi connectivity index (χ2v) is 6.32. The molecular formula is C20H23ClN2O6. The van der Waals surface area contributed by atoms with Crippen LogP contribution in [-0.2, 0) is 11.2 Å². The second-order valence-electron chi connectivity index (χ2n) is 5.88. The topological polar surface area (TPSA) is 95.1 Å². The Hall–Kier alpha value is -3.13. The summed E-state index contributed by atoms with van der Waals surface area (Å²) in [5, 5.41) is 0.379. The van der Waals surface area contributed by atoms with E-state index in [-0.39, 0.29) is 17.9 Å². The number of carbonyl (C=O) groups excluding carboxylic acids is 2. The van der Waals surface area contributed by atoms with Gasteiger partial charge < -0.3 is 18.9 Å². The number of benzene rings is 2. The van der Waals surface area contributed by atoms with E-state index in [1.54, 1.807) is 24.3 Å². The Morgan fingerprint density at radius 2 is 1.48 bits per heavy atom. The van der Waals surface area contributed by atoms with Gasteiger partial charge in [0, 0.05) is 11.4 Å². The highest BCUT2D eigenvalue weighted by Crippen LogP contribution is 2.38. The molecule has 2 aromatic carbocycles. The first kappa shape index (κ1) is 22.2. The lowest BCUT2D eigenvalue weighted by atomic mass is 10.1. The number of halogens is 1. The minimum Gasteiger partial charge on any atom is -0.496 e. The van der Waals surface area contributed by atoms with E-state index in [2.05, 4.69) is 10.9 Å². The van der Waals surface area contributed by atoms with Gasteiger partial charge in [-0.25, -0.2) is 0 Å². The van der Waals surface area contributed by atoms with Gasteiger partial charge in [-0.1, -0.05) is 11.6 Å². The summed E-state index contributed by atoms with van der Waals surface area (Å²) < 4.78 is 21.0. The number of nitrogens with one attached hydrogen (secondary N) is 2. The van der Waals surface area contributed by atoms with Gasteiger partial charge in [0.05, 0.1) is 34.0 Å². The number of amides is 2. The van der Waals surface area contributed by atoms with Gasteiger partial charge in [-0.15, -0.1) is 0 Å². The van der Waals surface area contributed by atoms with Crippen LogP contribution in [0.4, 0.5) is 0 Å². The standard InChI is InChI=1S/C20H23ClN2O6/c1-26-15-7-6-13(21)11-14(15)20(25)23-22-18(24)8-5-12-9-16(27-2)19(29-4)17(10-12)28-3/h6-7,9-11H,5,8H2,1-4H3,(H,22,24)(H,23,25). The van der Waals surface area contributed by atoms with Gasteiger partial charge in [0.15, 0.2) is 11.5 Å². The lowest BCUT2D eigenvalue weighted by Crippen LogP contribution is -2.41. The second kappa shape index (κ2) is 10.4. The van der Waals surface area contributed by atoms with Crippen LogP contribution in [0.25, 0.3) is 0 Å². The summed E-state index contributed by atoms with van der Waals surface area (Å²) in [5.74, 6) is 0.926. The van der Waals surface area contributed by atoms with Crippen LogP contribution < -0.4 is 29.8 Å². The Balaban J connectivity index is 1.97. The monoisotopic (exact) mass is 422 g/mol. The molecule has 2 rings (SSSR count).